The van der Waals surface area contributed by atoms with E-state index in [1.54, 1.807) is 0 Å². The van der Waals surface area contributed by atoms with Gasteiger partial charge in [-0.2, -0.15) is 0 Å². The molecule has 26 heavy (non-hydrogen) atoms. The van der Waals surface area contributed by atoms with E-state index < -0.39 is 5.97 Å². The smallest absolute Gasteiger partial charge is 0.303 e. The van der Waals surface area contributed by atoms with E-state index >= 15 is 0 Å². The molecule has 2 aromatic rings. The molecule has 0 radical (unpaired) electrons. The third-order valence-corrected chi connectivity index (χ3v) is 5.43. The Kier molecular flexibility index (Phi) is 5.37. The lowest BCUT2D eigenvalue weighted by molar-refractivity contribution is -0.139. The van der Waals surface area contributed by atoms with Crippen LogP contribution in [0.2, 0.25) is 0 Å². The zero-order chi connectivity index (χ0) is 18.9. The van der Waals surface area contributed by atoms with Gasteiger partial charge in [-0.05, 0) is 42.3 Å². The monoisotopic (exact) mass is 357 g/mol. The van der Waals surface area contributed by atoms with Crippen molar-refractivity contribution >= 4 is 17.0 Å². The molecular formula is C21H31N3O2. The first-order chi connectivity index (χ1) is 12.2. The maximum atomic E-state index is 11.3. The van der Waals surface area contributed by atoms with Crippen LogP contribution in [0.15, 0.2) is 24.3 Å². The van der Waals surface area contributed by atoms with Gasteiger partial charge in [-0.15, -0.1) is 0 Å². The minimum atomic E-state index is -0.686. The number of piperidine rings is 1. The van der Waals surface area contributed by atoms with E-state index in [1.807, 2.05) is 18.2 Å². The Labute approximate surface area is 156 Å². The lowest BCUT2D eigenvalue weighted by Crippen LogP contribution is -2.45. The Hall–Kier alpha value is -1.88. The normalized spacial score (nSPS) is 22.0. The Morgan fingerprint density at radius 2 is 2.00 bits per heavy atom. The average Bonchev–Trinajstić information content (AvgIpc) is 2.85. The van der Waals surface area contributed by atoms with E-state index in [-0.39, 0.29) is 17.8 Å². The standard InChI is InChI=1S/C21H31N3O2/c1-21(2,3)14-24-10-9-15(12-20(25)26)16(13-24)11-19-22-17-7-5-6-8-18(17)23(19)4/h5-8,15-16H,9-14H2,1-4H3,(H,25,26). The maximum Gasteiger partial charge on any atom is 0.303 e. The molecule has 142 valence electrons. The lowest BCUT2D eigenvalue weighted by Gasteiger charge is -2.40. The van der Waals surface area contributed by atoms with E-state index in [9.17, 15) is 9.90 Å². The number of likely N-dealkylation sites (tertiary alicyclic amines) is 1. The summed E-state index contributed by atoms with van der Waals surface area (Å²) in [5.74, 6) is 0.930. The number of rotatable bonds is 5. The summed E-state index contributed by atoms with van der Waals surface area (Å²) >= 11 is 0. The highest BCUT2D eigenvalue weighted by atomic mass is 16.4. The summed E-state index contributed by atoms with van der Waals surface area (Å²) < 4.78 is 2.16. The van der Waals surface area contributed by atoms with E-state index in [1.165, 1.54) is 0 Å². The number of benzene rings is 1. The number of aliphatic carboxylic acids is 1. The van der Waals surface area contributed by atoms with Gasteiger partial charge in [0.2, 0.25) is 0 Å². The topological polar surface area (TPSA) is 58.4 Å². The molecule has 5 nitrogen and oxygen atoms in total. The summed E-state index contributed by atoms with van der Waals surface area (Å²) in [5, 5.41) is 9.34. The van der Waals surface area contributed by atoms with Crippen molar-refractivity contribution in [2.45, 2.75) is 40.0 Å². The van der Waals surface area contributed by atoms with Gasteiger partial charge in [-0.1, -0.05) is 32.9 Å². The molecule has 1 N–H and O–H groups in total. The summed E-state index contributed by atoms with van der Waals surface area (Å²) in [7, 11) is 2.06. The van der Waals surface area contributed by atoms with Gasteiger partial charge in [0.1, 0.15) is 5.82 Å². The van der Waals surface area contributed by atoms with Crippen LogP contribution < -0.4 is 0 Å². The van der Waals surface area contributed by atoms with Crippen molar-refractivity contribution in [1.29, 1.82) is 0 Å². The fraction of sp³-hybridized carbons (Fsp3) is 0.619. The van der Waals surface area contributed by atoms with Crippen molar-refractivity contribution < 1.29 is 9.90 Å². The fourth-order valence-corrected chi connectivity index (χ4v) is 4.31. The molecule has 0 aliphatic carbocycles. The van der Waals surface area contributed by atoms with Crippen LogP contribution >= 0.6 is 0 Å². The molecule has 0 bridgehead atoms. The maximum absolute atomic E-state index is 11.3. The number of carbonyl (C=O) groups is 1. The molecule has 0 amide bonds. The Balaban J connectivity index is 1.81. The van der Waals surface area contributed by atoms with Crippen LogP contribution in [0.25, 0.3) is 11.0 Å². The van der Waals surface area contributed by atoms with Gasteiger partial charge in [0.05, 0.1) is 11.0 Å². The van der Waals surface area contributed by atoms with Crippen LogP contribution in [0.5, 0.6) is 0 Å². The number of fused-ring (bicyclic) bond motifs is 1. The number of carboxylic acid groups (broad SMARTS) is 1. The summed E-state index contributed by atoms with van der Waals surface area (Å²) in [6, 6.07) is 8.18. The second-order valence-electron chi connectivity index (χ2n) is 8.98. The molecule has 1 aromatic heterocycles. The van der Waals surface area contributed by atoms with Crippen molar-refractivity contribution in [3.8, 4) is 0 Å². The molecule has 1 fully saturated rings. The molecule has 0 saturated carbocycles. The predicted octanol–water partition coefficient (Wildman–Crippen LogP) is 3.57. The zero-order valence-corrected chi connectivity index (χ0v) is 16.4. The third-order valence-electron chi connectivity index (χ3n) is 5.43. The molecule has 5 heteroatoms. The number of nitrogens with zero attached hydrogens (tertiary/aromatic N) is 3. The molecule has 3 rings (SSSR count). The van der Waals surface area contributed by atoms with Crippen molar-refractivity contribution in [2.75, 3.05) is 19.6 Å². The number of carboxylic acids is 1. The van der Waals surface area contributed by atoms with E-state index in [0.29, 0.717) is 5.92 Å². The van der Waals surface area contributed by atoms with Gasteiger partial charge in [0.15, 0.2) is 0 Å². The van der Waals surface area contributed by atoms with E-state index in [2.05, 4.69) is 43.4 Å². The molecule has 1 aliphatic rings. The van der Waals surface area contributed by atoms with Gasteiger partial charge in [-0.3, -0.25) is 4.79 Å². The van der Waals surface area contributed by atoms with Gasteiger partial charge >= 0.3 is 5.97 Å². The second-order valence-corrected chi connectivity index (χ2v) is 8.98. The summed E-state index contributed by atoms with van der Waals surface area (Å²) in [6.45, 7) is 9.78. The number of imidazole rings is 1. The van der Waals surface area contributed by atoms with Crippen LogP contribution in [-0.4, -0.2) is 45.2 Å². The third kappa shape index (κ3) is 4.44. The van der Waals surface area contributed by atoms with Crippen molar-refractivity contribution in [3.05, 3.63) is 30.1 Å². The summed E-state index contributed by atoms with van der Waals surface area (Å²) in [6.07, 6.45) is 2.05. The highest BCUT2D eigenvalue weighted by molar-refractivity contribution is 5.75. The zero-order valence-electron chi connectivity index (χ0n) is 16.4. The highest BCUT2D eigenvalue weighted by Gasteiger charge is 2.33. The first-order valence-corrected chi connectivity index (χ1v) is 9.57. The van der Waals surface area contributed by atoms with Crippen molar-refractivity contribution in [2.24, 2.45) is 24.3 Å². The van der Waals surface area contributed by atoms with Crippen LogP contribution in [-0.2, 0) is 18.3 Å². The summed E-state index contributed by atoms with van der Waals surface area (Å²) in [5.41, 5.74) is 2.41. The molecule has 1 aliphatic heterocycles. The Morgan fingerprint density at radius 3 is 2.65 bits per heavy atom. The van der Waals surface area contributed by atoms with Gasteiger partial charge in [0.25, 0.3) is 0 Å². The molecule has 1 aromatic carbocycles. The van der Waals surface area contributed by atoms with Gasteiger partial charge < -0.3 is 14.6 Å². The molecular weight excluding hydrogens is 326 g/mol. The van der Waals surface area contributed by atoms with E-state index in [0.717, 1.165) is 49.3 Å². The predicted molar refractivity (Wildman–Crippen MR) is 104 cm³/mol. The Bertz CT molecular complexity index is 775. The van der Waals surface area contributed by atoms with Crippen LogP contribution in [0.3, 0.4) is 0 Å². The fourth-order valence-electron chi connectivity index (χ4n) is 4.31. The first kappa shape index (κ1) is 18.9. The molecule has 1 saturated heterocycles. The number of aryl methyl sites for hydroxylation is 1. The minimum Gasteiger partial charge on any atom is -0.481 e. The van der Waals surface area contributed by atoms with Crippen molar-refractivity contribution in [1.82, 2.24) is 14.5 Å². The van der Waals surface area contributed by atoms with Gasteiger partial charge in [-0.25, -0.2) is 4.98 Å². The molecule has 2 atom stereocenters. The Morgan fingerprint density at radius 1 is 1.27 bits per heavy atom. The highest BCUT2D eigenvalue weighted by Crippen LogP contribution is 2.31. The molecule has 2 unspecified atom stereocenters. The largest absolute Gasteiger partial charge is 0.481 e. The van der Waals surface area contributed by atoms with E-state index in [4.69, 9.17) is 4.98 Å². The number of para-hydroxylation sites is 2. The first-order valence-electron chi connectivity index (χ1n) is 9.57. The van der Waals surface area contributed by atoms with Crippen LogP contribution in [0.4, 0.5) is 0 Å². The SMILES string of the molecule is Cn1c(CC2CN(CC(C)(C)C)CCC2CC(=O)O)nc2ccccc21. The lowest BCUT2D eigenvalue weighted by atomic mass is 9.80. The number of hydrogen-bond acceptors (Lipinski definition) is 3. The van der Waals surface area contributed by atoms with Crippen LogP contribution in [0.1, 0.15) is 39.4 Å². The summed E-state index contributed by atoms with van der Waals surface area (Å²) in [4.78, 5) is 18.7. The quantitative estimate of drug-likeness (QED) is 0.889. The van der Waals surface area contributed by atoms with Gasteiger partial charge in [0, 0.05) is 33.0 Å². The van der Waals surface area contributed by atoms with Crippen LogP contribution in [0, 0.1) is 17.3 Å². The van der Waals surface area contributed by atoms with Crippen molar-refractivity contribution in [3.63, 3.8) is 0 Å². The minimum absolute atomic E-state index is 0.225. The average molecular weight is 357 g/mol. The molecule has 2 heterocycles. The second kappa shape index (κ2) is 7.39. The number of aromatic nitrogens is 2. The number of hydrogen-bond donors (Lipinski definition) is 1. The molecule has 0 spiro atoms.